The largest absolute Gasteiger partial charge is 0.329 e. The second kappa shape index (κ2) is 9.12. The van der Waals surface area contributed by atoms with Gasteiger partial charge in [-0.2, -0.15) is 0 Å². The zero-order valence-electron chi connectivity index (χ0n) is 18.3. The summed E-state index contributed by atoms with van der Waals surface area (Å²) in [6.07, 6.45) is 0.630. The summed E-state index contributed by atoms with van der Waals surface area (Å²) in [7, 11) is 0. The summed E-state index contributed by atoms with van der Waals surface area (Å²) in [6.45, 7) is 7.08. The second-order valence-electron chi connectivity index (χ2n) is 7.82. The second-order valence-corrected chi connectivity index (χ2v) is 7.82. The van der Waals surface area contributed by atoms with E-state index < -0.39 is 24.3 Å². The summed E-state index contributed by atoms with van der Waals surface area (Å²) in [5, 5.41) is 2.86. The average molecular weight is 421 g/mol. The summed E-state index contributed by atoms with van der Waals surface area (Å²) in [6, 6.07) is 11.9. The monoisotopic (exact) mass is 421 g/mol. The predicted molar refractivity (Wildman–Crippen MR) is 118 cm³/mol. The Kier molecular flexibility index (Phi) is 6.53. The first-order valence-corrected chi connectivity index (χ1v) is 10.3. The molecule has 0 unspecified atom stereocenters. The van der Waals surface area contributed by atoms with E-state index in [0.717, 1.165) is 16.0 Å². The molecule has 0 aromatic heterocycles. The molecule has 0 radical (unpaired) electrons. The number of carbonyl (C=O) groups excluding carboxylic acids is 4. The van der Waals surface area contributed by atoms with Crippen molar-refractivity contribution in [1.29, 1.82) is 0 Å². The van der Waals surface area contributed by atoms with Gasteiger partial charge in [-0.05, 0) is 56.5 Å². The first kappa shape index (κ1) is 22.2. The van der Waals surface area contributed by atoms with Gasteiger partial charge >= 0.3 is 0 Å². The molecule has 0 bridgehead atoms. The molecule has 162 valence electrons. The van der Waals surface area contributed by atoms with Crippen molar-refractivity contribution in [3.8, 4) is 0 Å². The van der Waals surface area contributed by atoms with Gasteiger partial charge in [-0.1, -0.05) is 31.2 Å². The highest BCUT2D eigenvalue weighted by Gasteiger charge is 2.37. The highest BCUT2D eigenvalue weighted by molar-refractivity contribution is 6.22. The topological polar surface area (TPSA) is 86.8 Å². The fourth-order valence-corrected chi connectivity index (χ4v) is 3.55. The van der Waals surface area contributed by atoms with Crippen LogP contribution in [-0.2, 0) is 9.59 Å². The summed E-state index contributed by atoms with van der Waals surface area (Å²) in [5.74, 6) is -1.75. The van der Waals surface area contributed by atoms with Crippen LogP contribution in [0.2, 0.25) is 0 Å². The zero-order chi connectivity index (χ0) is 22.7. The molecule has 4 amide bonds. The predicted octanol–water partition coefficient (Wildman–Crippen LogP) is 3.17. The molecule has 2 aromatic carbocycles. The van der Waals surface area contributed by atoms with Gasteiger partial charge in [-0.25, -0.2) is 0 Å². The van der Waals surface area contributed by atoms with Gasteiger partial charge in [0.05, 0.1) is 11.1 Å². The fraction of sp³-hybridized carbons (Fsp3) is 0.333. The molecular formula is C24H27N3O4. The average Bonchev–Trinajstić information content (AvgIpc) is 2.99. The molecule has 3 rings (SSSR count). The molecule has 31 heavy (non-hydrogen) atoms. The molecule has 1 aliphatic heterocycles. The Morgan fingerprint density at radius 3 is 2.19 bits per heavy atom. The first-order valence-electron chi connectivity index (χ1n) is 10.3. The van der Waals surface area contributed by atoms with Crippen LogP contribution in [0.4, 0.5) is 5.69 Å². The molecule has 1 aliphatic rings. The van der Waals surface area contributed by atoms with Crippen molar-refractivity contribution in [3.05, 3.63) is 64.7 Å². The zero-order valence-corrected chi connectivity index (χ0v) is 18.3. The number of fused-ring (bicyclic) bond motifs is 1. The van der Waals surface area contributed by atoms with Crippen molar-refractivity contribution in [2.75, 3.05) is 18.4 Å². The van der Waals surface area contributed by atoms with E-state index in [1.807, 2.05) is 45.9 Å². The SMILES string of the molecule is CC[C@@H](C)N(CC(=O)Nc1cccc(C)c1C)C(=O)CN1C(=O)c2ccccc2C1=O. The summed E-state index contributed by atoms with van der Waals surface area (Å²) in [4.78, 5) is 53.3. The number of amides is 4. The van der Waals surface area contributed by atoms with Crippen LogP contribution in [-0.4, -0.2) is 52.6 Å². The number of hydrogen-bond donors (Lipinski definition) is 1. The van der Waals surface area contributed by atoms with Crippen molar-refractivity contribution in [2.24, 2.45) is 0 Å². The van der Waals surface area contributed by atoms with E-state index >= 15 is 0 Å². The van der Waals surface area contributed by atoms with E-state index in [0.29, 0.717) is 23.2 Å². The molecule has 1 atom stereocenters. The molecular weight excluding hydrogens is 394 g/mol. The van der Waals surface area contributed by atoms with Gasteiger partial charge in [0.2, 0.25) is 11.8 Å². The molecule has 0 aliphatic carbocycles. The van der Waals surface area contributed by atoms with Gasteiger partial charge in [-0.15, -0.1) is 0 Å². The van der Waals surface area contributed by atoms with Crippen LogP contribution in [0.1, 0.15) is 52.1 Å². The minimum Gasteiger partial charge on any atom is -0.329 e. The summed E-state index contributed by atoms with van der Waals surface area (Å²) >= 11 is 0. The Bertz CT molecular complexity index is 1010. The van der Waals surface area contributed by atoms with Crippen molar-refractivity contribution in [3.63, 3.8) is 0 Å². The third-order valence-corrected chi connectivity index (χ3v) is 5.81. The van der Waals surface area contributed by atoms with Crippen LogP contribution in [0.25, 0.3) is 0 Å². The lowest BCUT2D eigenvalue weighted by atomic mass is 10.1. The van der Waals surface area contributed by atoms with Crippen LogP contribution >= 0.6 is 0 Å². The quantitative estimate of drug-likeness (QED) is 0.696. The molecule has 7 nitrogen and oxygen atoms in total. The fourth-order valence-electron chi connectivity index (χ4n) is 3.55. The first-order chi connectivity index (χ1) is 14.7. The molecule has 1 N–H and O–H groups in total. The Morgan fingerprint density at radius 1 is 1.00 bits per heavy atom. The van der Waals surface area contributed by atoms with Gasteiger partial charge in [0, 0.05) is 11.7 Å². The number of aryl methyl sites for hydroxylation is 1. The highest BCUT2D eigenvalue weighted by Crippen LogP contribution is 2.23. The van der Waals surface area contributed by atoms with Gasteiger partial charge in [-0.3, -0.25) is 24.1 Å². The minimum absolute atomic E-state index is 0.162. The molecule has 0 saturated heterocycles. The lowest BCUT2D eigenvalue weighted by molar-refractivity contribution is -0.137. The minimum atomic E-state index is -0.488. The summed E-state index contributed by atoms with van der Waals surface area (Å²) in [5.41, 5.74) is 3.30. The third-order valence-electron chi connectivity index (χ3n) is 5.81. The number of hydrogen-bond acceptors (Lipinski definition) is 4. The maximum Gasteiger partial charge on any atom is 0.262 e. The third kappa shape index (κ3) is 4.50. The molecule has 0 saturated carbocycles. The van der Waals surface area contributed by atoms with Crippen LogP contribution in [0, 0.1) is 13.8 Å². The molecule has 0 spiro atoms. The van der Waals surface area contributed by atoms with Crippen molar-refractivity contribution < 1.29 is 19.2 Å². The van der Waals surface area contributed by atoms with E-state index in [-0.39, 0.29) is 18.5 Å². The van der Waals surface area contributed by atoms with Crippen LogP contribution < -0.4 is 5.32 Å². The Balaban J connectivity index is 1.73. The van der Waals surface area contributed by atoms with Crippen LogP contribution in [0.3, 0.4) is 0 Å². The number of rotatable bonds is 7. The van der Waals surface area contributed by atoms with Crippen molar-refractivity contribution in [1.82, 2.24) is 9.80 Å². The Labute approximate surface area is 182 Å². The molecule has 7 heteroatoms. The van der Waals surface area contributed by atoms with Crippen LogP contribution in [0.5, 0.6) is 0 Å². The van der Waals surface area contributed by atoms with Gasteiger partial charge in [0.15, 0.2) is 0 Å². The number of nitrogens with zero attached hydrogens (tertiary/aromatic N) is 2. The van der Waals surface area contributed by atoms with E-state index in [4.69, 9.17) is 0 Å². The van der Waals surface area contributed by atoms with Crippen molar-refractivity contribution in [2.45, 2.75) is 40.2 Å². The number of imide groups is 1. The van der Waals surface area contributed by atoms with Crippen LogP contribution in [0.15, 0.2) is 42.5 Å². The highest BCUT2D eigenvalue weighted by atomic mass is 16.2. The van der Waals surface area contributed by atoms with E-state index in [2.05, 4.69) is 5.32 Å². The lowest BCUT2D eigenvalue weighted by Gasteiger charge is -2.29. The lowest BCUT2D eigenvalue weighted by Crippen LogP contribution is -2.48. The molecule has 2 aromatic rings. The number of nitrogens with one attached hydrogen (secondary N) is 1. The maximum absolute atomic E-state index is 13.1. The normalized spacial score (nSPS) is 13.7. The van der Waals surface area contributed by atoms with Gasteiger partial charge in [0.1, 0.15) is 13.1 Å². The van der Waals surface area contributed by atoms with E-state index in [1.54, 1.807) is 24.3 Å². The Hall–Kier alpha value is -3.48. The van der Waals surface area contributed by atoms with Gasteiger partial charge in [0.25, 0.3) is 11.8 Å². The number of carbonyl (C=O) groups is 4. The Morgan fingerprint density at radius 2 is 1.61 bits per heavy atom. The van der Waals surface area contributed by atoms with Crippen molar-refractivity contribution >= 4 is 29.3 Å². The van der Waals surface area contributed by atoms with E-state index in [9.17, 15) is 19.2 Å². The number of anilines is 1. The summed E-state index contributed by atoms with van der Waals surface area (Å²) < 4.78 is 0. The number of benzene rings is 2. The molecule has 0 fully saturated rings. The van der Waals surface area contributed by atoms with E-state index in [1.165, 1.54) is 4.90 Å². The van der Waals surface area contributed by atoms with Gasteiger partial charge < -0.3 is 10.2 Å². The smallest absolute Gasteiger partial charge is 0.262 e. The maximum atomic E-state index is 13.1. The molecule has 1 heterocycles. The standard InChI is InChI=1S/C24H27N3O4/c1-5-16(3)26(13-21(28)25-20-12-8-9-15(2)17(20)4)22(29)14-27-23(30)18-10-6-7-11-19(18)24(27)31/h6-12,16H,5,13-14H2,1-4H3,(H,25,28)/t16-/m1/s1.